The summed E-state index contributed by atoms with van der Waals surface area (Å²) in [4.78, 5) is 0. The Morgan fingerprint density at radius 2 is 0.731 bits per heavy atom. The van der Waals surface area contributed by atoms with Crippen molar-refractivity contribution in [3.8, 4) is 0 Å². The fourth-order valence-corrected chi connectivity index (χ4v) is 1.15. The van der Waals surface area contributed by atoms with Crippen LogP contribution in [-0.2, 0) is 0 Å². The Morgan fingerprint density at radius 1 is 0.500 bits per heavy atom. The van der Waals surface area contributed by atoms with Gasteiger partial charge < -0.3 is 0 Å². The van der Waals surface area contributed by atoms with Crippen LogP contribution in [0.15, 0.2) is 0 Å². The average Bonchev–Trinajstić information content (AvgIpc) is 2.30. The van der Waals surface area contributed by atoms with Crippen molar-refractivity contribution in [2.24, 2.45) is 0 Å². The molecule has 0 spiro atoms. The molecule has 0 fully saturated rings. The summed E-state index contributed by atoms with van der Waals surface area (Å²) in [5, 5.41) is 0. The normalized spacial score (nSPS) is 10.2. The molecule has 0 aliphatic carbocycles. The maximum atomic E-state index is 5.54. The van der Waals surface area contributed by atoms with Crippen LogP contribution in [0.5, 0.6) is 0 Å². The second-order valence-corrected chi connectivity index (χ2v) is 13.8. The van der Waals surface area contributed by atoms with Gasteiger partial charge in [0.05, 0.1) is 0 Å². The highest BCUT2D eigenvalue weighted by Crippen LogP contribution is 2.31. The summed E-state index contributed by atoms with van der Waals surface area (Å²) in [6, 6.07) is 0. The molecule has 0 heterocycles. The van der Waals surface area contributed by atoms with Crippen molar-refractivity contribution >= 4 is 174 Å². The quantitative estimate of drug-likeness (QED) is 0.205. The minimum Gasteiger partial charge on any atom is -0.0874 e. The summed E-state index contributed by atoms with van der Waals surface area (Å²) >= 11 is 74.3. The minimum absolute atomic E-state index is 0.678. The summed E-state index contributed by atoms with van der Waals surface area (Å²) in [7, 11) is 0. The number of alkyl halides is 15. The van der Waals surface area contributed by atoms with E-state index < -0.39 is 21.0 Å². The average molecular weight is 681 g/mol. The third kappa shape index (κ3) is 165. The molecule has 0 amide bonds. The molecule has 0 aromatic rings. The van der Waals surface area contributed by atoms with Crippen molar-refractivity contribution in [1.82, 2.24) is 0 Å². The van der Waals surface area contributed by atoms with Crippen LogP contribution in [-0.4, -0.2) is 21.0 Å². The fourth-order valence-electron chi connectivity index (χ4n) is 0.752. The Morgan fingerprint density at radius 3 is 0.885 bits per heavy atom. The molecule has 0 bridgehead atoms. The lowest BCUT2D eigenvalue weighted by Gasteiger charge is -2.08. The molecule has 0 aromatic heterocycles. The monoisotopic (exact) mass is 674 g/mol. The van der Waals surface area contributed by atoms with Gasteiger partial charge in [0.15, 0.2) is 21.0 Å². The molecule has 0 N–H and O–H groups in total. The van der Waals surface area contributed by atoms with E-state index in [0.29, 0.717) is 6.42 Å². The predicted molar refractivity (Wildman–Crippen MR) is 134 cm³/mol. The zero-order chi connectivity index (χ0) is 22.3. The van der Waals surface area contributed by atoms with Gasteiger partial charge >= 0.3 is 0 Å². The smallest absolute Gasteiger partial charge is 0.0874 e. The lowest BCUT2D eigenvalue weighted by atomic mass is 10.2. The molecule has 0 radical (unpaired) electrons. The van der Waals surface area contributed by atoms with E-state index in [1.165, 1.54) is 19.3 Å². The SMILES string of the molecule is CCCCCCC(Cl)(Cl)Cl.ClC(Cl)Cl.ClC(Cl)Cl.ClC(Cl)Cl.ClC(Cl)Cl. The lowest BCUT2D eigenvalue weighted by Crippen LogP contribution is -2.00. The van der Waals surface area contributed by atoms with Crippen molar-refractivity contribution < 1.29 is 0 Å². The summed E-state index contributed by atoms with van der Waals surface area (Å²) in [5.41, 5.74) is 0. The first-order valence-electron chi connectivity index (χ1n) is 6.25. The summed E-state index contributed by atoms with van der Waals surface area (Å²) < 4.78 is -4.03. The van der Waals surface area contributed by atoms with Gasteiger partial charge in [0, 0.05) is 0 Å². The van der Waals surface area contributed by atoms with Gasteiger partial charge in [0.25, 0.3) is 0 Å². The molecule has 0 saturated carbocycles. The molecule has 0 saturated heterocycles. The molecule has 15 heteroatoms. The largest absolute Gasteiger partial charge is 0.190 e. The number of hydrogen-bond acceptors (Lipinski definition) is 0. The Labute approximate surface area is 231 Å². The van der Waals surface area contributed by atoms with Gasteiger partial charge in [-0.2, -0.15) is 0 Å². The van der Waals surface area contributed by atoms with Crippen LogP contribution < -0.4 is 0 Å². The number of unbranched alkanes of at least 4 members (excludes halogenated alkanes) is 3. The molecule has 0 rings (SSSR count). The molecule has 0 nitrogen and oxygen atoms in total. The summed E-state index contributed by atoms with van der Waals surface area (Å²) in [6.07, 6.45) is 5.33. The number of halogens is 15. The van der Waals surface area contributed by atoms with Gasteiger partial charge in [-0.3, -0.25) is 0 Å². The first kappa shape index (κ1) is 40.7. The molecule has 0 aliphatic heterocycles. The van der Waals surface area contributed by atoms with Gasteiger partial charge in [-0.05, 0) is 12.8 Å². The molecule has 166 valence electrons. The minimum atomic E-state index is -1.03. The van der Waals surface area contributed by atoms with Crippen LogP contribution in [0.2, 0.25) is 0 Å². The second-order valence-electron chi connectivity index (χ2n) is 3.42. The molecule has 0 unspecified atom stereocenters. The maximum absolute atomic E-state index is 5.54. The van der Waals surface area contributed by atoms with E-state index in [1.807, 2.05) is 0 Å². The van der Waals surface area contributed by atoms with E-state index in [2.05, 4.69) is 6.92 Å². The van der Waals surface area contributed by atoms with Gasteiger partial charge in [0.1, 0.15) is 0 Å². The van der Waals surface area contributed by atoms with Crippen molar-refractivity contribution in [3.05, 3.63) is 0 Å². The molecular weight excluding hydrogens is 664 g/mol. The third-order valence-electron chi connectivity index (χ3n) is 1.31. The van der Waals surface area contributed by atoms with E-state index in [-0.39, 0.29) is 0 Å². The van der Waals surface area contributed by atoms with Crippen molar-refractivity contribution in [1.29, 1.82) is 0 Å². The highest BCUT2D eigenvalue weighted by molar-refractivity contribution is 6.67. The van der Waals surface area contributed by atoms with Gasteiger partial charge in [0.2, 0.25) is 0 Å². The Hall–Kier alpha value is 4.35. The highest BCUT2D eigenvalue weighted by atomic mass is 35.6. The lowest BCUT2D eigenvalue weighted by molar-refractivity contribution is 0.639. The highest BCUT2D eigenvalue weighted by Gasteiger charge is 2.17. The van der Waals surface area contributed by atoms with E-state index >= 15 is 0 Å². The summed E-state index contributed by atoms with van der Waals surface area (Å²) in [6.45, 7) is 2.16. The van der Waals surface area contributed by atoms with Crippen LogP contribution in [0.3, 0.4) is 0 Å². The second kappa shape index (κ2) is 31.5. The van der Waals surface area contributed by atoms with E-state index in [1.54, 1.807) is 0 Å². The number of hydrogen-bond donors (Lipinski definition) is 0. The maximum Gasteiger partial charge on any atom is 0.190 e. The van der Waals surface area contributed by atoms with Gasteiger partial charge in [-0.1, -0.05) is 200 Å². The van der Waals surface area contributed by atoms with E-state index in [0.717, 1.165) is 6.42 Å². The molecule has 26 heavy (non-hydrogen) atoms. The Kier molecular flexibility index (Phi) is 49.3. The topological polar surface area (TPSA) is 0 Å². The zero-order valence-corrected chi connectivity index (χ0v) is 24.4. The standard InChI is InChI=1S/C7H13Cl3.4CHCl3/c1-2-3-4-5-6-7(8,9)10;4*2-1(3)4/h2-6H2,1H3;4*1H. The molecule has 0 aliphatic rings. The van der Waals surface area contributed by atoms with Crippen molar-refractivity contribution in [2.75, 3.05) is 0 Å². The van der Waals surface area contributed by atoms with Crippen LogP contribution >= 0.6 is 174 Å². The predicted octanol–water partition coefficient (Wildman–Crippen LogP) is 12.3. The molecule has 0 aromatic carbocycles. The fraction of sp³-hybridized carbons (Fsp3) is 1.00. The summed E-state index contributed by atoms with van der Waals surface area (Å²) in [5.74, 6) is 0. The van der Waals surface area contributed by atoms with Crippen molar-refractivity contribution in [3.63, 3.8) is 0 Å². The zero-order valence-electron chi connectivity index (χ0n) is 13.0. The van der Waals surface area contributed by atoms with E-state index in [9.17, 15) is 0 Å². The van der Waals surface area contributed by atoms with Gasteiger partial charge in [-0.15, -0.1) is 0 Å². The Bertz CT molecular complexity index is 181. The van der Waals surface area contributed by atoms with Crippen molar-refractivity contribution in [2.45, 2.75) is 60.0 Å². The van der Waals surface area contributed by atoms with Crippen LogP contribution in [0.25, 0.3) is 0 Å². The Balaban J connectivity index is -0.0000000776. The van der Waals surface area contributed by atoms with Crippen LogP contribution in [0, 0.1) is 0 Å². The molecular formula is C11H17Cl15. The first-order valence-corrected chi connectivity index (χ1v) is 12.6. The first-order chi connectivity index (χ1) is 11.5. The third-order valence-corrected chi connectivity index (χ3v) is 1.88. The van der Waals surface area contributed by atoms with Gasteiger partial charge in [-0.25, -0.2) is 0 Å². The van der Waals surface area contributed by atoms with E-state index in [4.69, 9.17) is 174 Å². The van der Waals surface area contributed by atoms with Crippen LogP contribution in [0.1, 0.15) is 39.0 Å². The molecule has 0 atom stereocenters. The van der Waals surface area contributed by atoms with Crippen LogP contribution in [0.4, 0.5) is 0 Å². The number of rotatable bonds is 4.